The Hall–Kier alpha value is -1.26. The van der Waals surface area contributed by atoms with E-state index in [-0.39, 0.29) is 5.91 Å². The minimum Gasteiger partial charge on any atom is -0.357 e. The number of rotatable bonds is 7. The van der Waals surface area contributed by atoms with Crippen LogP contribution in [0.1, 0.15) is 58.3 Å². The summed E-state index contributed by atoms with van der Waals surface area (Å²) in [5, 5.41) is 9.77. The van der Waals surface area contributed by atoms with Gasteiger partial charge in [0.2, 0.25) is 5.91 Å². The lowest BCUT2D eigenvalue weighted by molar-refractivity contribution is -0.121. The molecule has 2 fully saturated rings. The lowest BCUT2D eigenvalue weighted by Crippen LogP contribution is -2.42. The Kier molecular flexibility index (Phi) is 6.15. The van der Waals surface area contributed by atoms with E-state index in [0.29, 0.717) is 25.0 Å². The monoisotopic (exact) mass is 280 g/mol. The average molecular weight is 280 g/mol. The van der Waals surface area contributed by atoms with Gasteiger partial charge < -0.3 is 16.0 Å². The maximum absolute atomic E-state index is 11.6. The summed E-state index contributed by atoms with van der Waals surface area (Å²) in [4.78, 5) is 16.1. The van der Waals surface area contributed by atoms with Gasteiger partial charge in [-0.25, -0.2) is 0 Å². The van der Waals surface area contributed by atoms with Gasteiger partial charge in [-0.1, -0.05) is 12.8 Å². The second-order valence-corrected chi connectivity index (χ2v) is 5.83. The molecule has 1 amide bonds. The molecule has 0 aromatic heterocycles. The molecule has 2 aliphatic rings. The number of guanidine groups is 1. The molecule has 3 N–H and O–H groups in total. The highest BCUT2D eigenvalue weighted by atomic mass is 16.1. The van der Waals surface area contributed by atoms with Crippen molar-refractivity contribution in [2.75, 3.05) is 13.1 Å². The molecule has 2 aliphatic carbocycles. The van der Waals surface area contributed by atoms with E-state index in [2.05, 4.69) is 27.9 Å². The lowest BCUT2D eigenvalue weighted by Gasteiger charge is -2.16. The third-order valence-electron chi connectivity index (χ3n) is 3.81. The minimum absolute atomic E-state index is 0.177. The second-order valence-electron chi connectivity index (χ2n) is 5.83. The normalized spacial score (nSPS) is 19.9. The summed E-state index contributed by atoms with van der Waals surface area (Å²) < 4.78 is 0. The van der Waals surface area contributed by atoms with Gasteiger partial charge in [-0.3, -0.25) is 9.79 Å². The Labute approximate surface area is 122 Å². The van der Waals surface area contributed by atoms with Crippen LogP contribution in [0.5, 0.6) is 0 Å². The van der Waals surface area contributed by atoms with Crippen LogP contribution in [0.2, 0.25) is 0 Å². The van der Waals surface area contributed by atoms with E-state index in [1.165, 1.54) is 25.7 Å². The third-order valence-corrected chi connectivity index (χ3v) is 3.81. The third kappa shape index (κ3) is 5.80. The van der Waals surface area contributed by atoms with Crippen LogP contribution in [0.25, 0.3) is 0 Å². The van der Waals surface area contributed by atoms with Crippen molar-refractivity contribution in [1.29, 1.82) is 0 Å². The topological polar surface area (TPSA) is 65.5 Å². The highest BCUT2D eigenvalue weighted by molar-refractivity contribution is 5.80. The predicted octanol–water partition coefficient (Wildman–Crippen LogP) is 1.54. The van der Waals surface area contributed by atoms with Crippen molar-refractivity contribution in [3.63, 3.8) is 0 Å². The first-order valence-corrected chi connectivity index (χ1v) is 8.12. The predicted molar refractivity (Wildman–Crippen MR) is 81.8 cm³/mol. The number of hydrogen-bond donors (Lipinski definition) is 3. The van der Waals surface area contributed by atoms with Crippen molar-refractivity contribution in [3.8, 4) is 0 Å². The Morgan fingerprint density at radius 3 is 2.45 bits per heavy atom. The molecule has 0 aromatic carbocycles. The quantitative estimate of drug-likeness (QED) is 0.376. The Morgan fingerprint density at radius 1 is 1.10 bits per heavy atom. The van der Waals surface area contributed by atoms with E-state index in [0.717, 1.165) is 31.8 Å². The van der Waals surface area contributed by atoms with Gasteiger partial charge in [-0.2, -0.15) is 0 Å². The smallest absolute Gasteiger partial charge is 0.220 e. The van der Waals surface area contributed by atoms with Crippen LogP contribution in [0, 0.1) is 0 Å². The molecule has 0 radical (unpaired) electrons. The van der Waals surface area contributed by atoms with Gasteiger partial charge in [0.05, 0.1) is 0 Å². The summed E-state index contributed by atoms with van der Waals surface area (Å²) >= 11 is 0. The molecular weight excluding hydrogens is 252 g/mol. The summed E-state index contributed by atoms with van der Waals surface area (Å²) in [7, 11) is 0. The summed E-state index contributed by atoms with van der Waals surface area (Å²) in [6.07, 6.45) is 8.83. The van der Waals surface area contributed by atoms with Gasteiger partial charge in [0.25, 0.3) is 0 Å². The number of nitrogens with zero attached hydrogens (tertiary/aromatic N) is 1. The average Bonchev–Trinajstić information content (AvgIpc) is 3.08. The number of aliphatic imine (C=N–C) groups is 1. The Bertz CT molecular complexity index is 333. The molecule has 0 bridgehead atoms. The van der Waals surface area contributed by atoms with Gasteiger partial charge in [0.1, 0.15) is 0 Å². The summed E-state index contributed by atoms with van der Waals surface area (Å²) in [5.74, 6) is 1.08. The van der Waals surface area contributed by atoms with E-state index >= 15 is 0 Å². The molecule has 114 valence electrons. The van der Waals surface area contributed by atoms with E-state index in [9.17, 15) is 4.79 Å². The van der Waals surface area contributed by atoms with Crippen LogP contribution in [-0.4, -0.2) is 37.0 Å². The standard InChI is InChI=1S/C15H28N4O/c1-2-16-15(19-12-6-3-4-7-12)17-11-5-8-14(20)18-13-9-10-13/h12-13H,2-11H2,1H3,(H,18,20)(H2,16,17,19). The summed E-state index contributed by atoms with van der Waals surface area (Å²) in [6, 6.07) is 1.04. The molecule has 20 heavy (non-hydrogen) atoms. The molecule has 5 heteroatoms. The fourth-order valence-corrected chi connectivity index (χ4v) is 2.54. The molecule has 0 spiro atoms. The Morgan fingerprint density at radius 2 is 1.80 bits per heavy atom. The number of hydrogen-bond acceptors (Lipinski definition) is 2. The van der Waals surface area contributed by atoms with Gasteiger partial charge in [-0.15, -0.1) is 0 Å². The van der Waals surface area contributed by atoms with E-state index in [1.54, 1.807) is 0 Å². The molecule has 0 aliphatic heterocycles. The highest BCUT2D eigenvalue weighted by Crippen LogP contribution is 2.18. The van der Waals surface area contributed by atoms with Crippen molar-refractivity contribution in [3.05, 3.63) is 0 Å². The van der Waals surface area contributed by atoms with Gasteiger partial charge >= 0.3 is 0 Å². The van der Waals surface area contributed by atoms with E-state index < -0.39 is 0 Å². The molecule has 0 saturated heterocycles. The maximum atomic E-state index is 11.6. The summed E-state index contributed by atoms with van der Waals surface area (Å²) in [6.45, 7) is 3.66. The molecular formula is C15H28N4O. The van der Waals surface area contributed by atoms with Crippen LogP contribution >= 0.6 is 0 Å². The number of carbonyl (C=O) groups excluding carboxylic acids is 1. The lowest BCUT2D eigenvalue weighted by atomic mass is 10.2. The zero-order valence-electron chi connectivity index (χ0n) is 12.6. The molecule has 2 saturated carbocycles. The van der Waals surface area contributed by atoms with E-state index in [4.69, 9.17) is 0 Å². The number of nitrogens with one attached hydrogen (secondary N) is 3. The maximum Gasteiger partial charge on any atom is 0.220 e. The van der Waals surface area contributed by atoms with Crippen molar-refractivity contribution < 1.29 is 4.79 Å². The first-order chi connectivity index (χ1) is 9.78. The van der Waals surface area contributed by atoms with Crippen LogP contribution < -0.4 is 16.0 Å². The molecule has 0 atom stereocenters. The van der Waals surface area contributed by atoms with Crippen LogP contribution in [-0.2, 0) is 4.79 Å². The first-order valence-electron chi connectivity index (χ1n) is 8.12. The minimum atomic E-state index is 0.177. The van der Waals surface area contributed by atoms with Gasteiger partial charge in [0.15, 0.2) is 5.96 Å². The fourth-order valence-electron chi connectivity index (χ4n) is 2.54. The Balaban J connectivity index is 1.63. The number of amides is 1. The molecule has 0 aromatic rings. The van der Waals surface area contributed by atoms with Gasteiger partial charge in [-0.05, 0) is 39.0 Å². The molecule has 0 heterocycles. The molecule has 5 nitrogen and oxygen atoms in total. The van der Waals surface area contributed by atoms with Crippen LogP contribution in [0.3, 0.4) is 0 Å². The van der Waals surface area contributed by atoms with Crippen molar-refractivity contribution >= 4 is 11.9 Å². The number of carbonyl (C=O) groups is 1. The fraction of sp³-hybridized carbons (Fsp3) is 0.867. The first kappa shape index (κ1) is 15.1. The second kappa shape index (κ2) is 8.12. The van der Waals surface area contributed by atoms with Crippen LogP contribution in [0.4, 0.5) is 0 Å². The SMILES string of the molecule is CCNC(=NCCCC(=O)NC1CC1)NC1CCCC1. The highest BCUT2D eigenvalue weighted by Gasteiger charge is 2.22. The van der Waals surface area contributed by atoms with E-state index in [1.807, 2.05) is 0 Å². The zero-order valence-corrected chi connectivity index (χ0v) is 12.6. The molecule has 0 unspecified atom stereocenters. The van der Waals surface area contributed by atoms with Crippen molar-refractivity contribution in [2.45, 2.75) is 70.4 Å². The summed E-state index contributed by atoms with van der Waals surface area (Å²) in [5.41, 5.74) is 0. The van der Waals surface area contributed by atoms with Gasteiger partial charge in [0, 0.05) is 31.6 Å². The van der Waals surface area contributed by atoms with Crippen molar-refractivity contribution in [2.24, 2.45) is 4.99 Å². The van der Waals surface area contributed by atoms with Crippen LogP contribution in [0.15, 0.2) is 4.99 Å². The van der Waals surface area contributed by atoms with Crippen molar-refractivity contribution in [1.82, 2.24) is 16.0 Å². The zero-order chi connectivity index (χ0) is 14.2. The molecule has 2 rings (SSSR count). The largest absolute Gasteiger partial charge is 0.357 e.